The summed E-state index contributed by atoms with van der Waals surface area (Å²) in [6, 6.07) is 10.1. The van der Waals surface area contributed by atoms with Crippen molar-refractivity contribution in [3.63, 3.8) is 0 Å². The van der Waals surface area contributed by atoms with Gasteiger partial charge in [-0.05, 0) is 42.7 Å². The van der Waals surface area contributed by atoms with Gasteiger partial charge in [-0.3, -0.25) is 4.79 Å². The summed E-state index contributed by atoms with van der Waals surface area (Å²) in [7, 11) is 0. The van der Waals surface area contributed by atoms with Crippen LogP contribution in [0.25, 0.3) is 0 Å². The number of anilines is 1. The number of hydrogen-bond donors (Lipinski definition) is 0. The number of benzene rings is 1. The third kappa shape index (κ3) is 3.46. The molecule has 2 heterocycles. The van der Waals surface area contributed by atoms with Crippen molar-refractivity contribution in [2.24, 2.45) is 11.8 Å². The molecule has 1 amide bonds. The van der Waals surface area contributed by atoms with Gasteiger partial charge in [-0.15, -0.1) is 0 Å². The topological polar surface area (TPSA) is 47.3 Å². The minimum Gasteiger partial charge on any atom is -0.376 e. The van der Waals surface area contributed by atoms with Crippen molar-refractivity contribution in [1.29, 1.82) is 5.26 Å². The van der Waals surface area contributed by atoms with Gasteiger partial charge in [0.05, 0.1) is 0 Å². The second-order valence-electron chi connectivity index (χ2n) is 7.24. The summed E-state index contributed by atoms with van der Waals surface area (Å²) in [6.45, 7) is 6.97. The molecule has 4 heteroatoms. The number of nitriles is 1. The van der Waals surface area contributed by atoms with Gasteiger partial charge in [0, 0.05) is 31.5 Å². The smallest absolute Gasteiger partial charge is 0.270 e. The highest BCUT2D eigenvalue weighted by molar-refractivity contribution is 6.08. The second-order valence-corrected chi connectivity index (χ2v) is 7.24. The van der Waals surface area contributed by atoms with Crippen molar-refractivity contribution < 1.29 is 4.79 Å². The molecule has 1 fully saturated rings. The molecular weight excluding hydrogens is 298 g/mol. The zero-order chi connectivity index (χ0) is 17.1. The highest BCUT2D eigenvalue weighted by Crippen LogP contribution is 2.28. The van der Waals surface area contributed by atoms with Gasteiger partial charge in [-0.1, -0.05) is 32.0 Å². The lowest BCUT2D eigenvalue weighted by molar-refractivity contribution is -0.115. The van der Waals surface area contributed by atoms with Crippen LogP contribution in [0.15, 0.2) is 36.0 Å². The van der Waals surface area contributed by atoms with E-state index in [0.717, 1.165) is 31.6 Å². The van der Waals surface area contributed by atoms with Crippen molar-refractivity contribution in [1.82, 2.24) is 4.90 Å². The van der Waals surface area contributed by atoms with E-state index in [1.807, 2.05) is 18.2 Å². The Kier molecular flexibility index (Phi) is 4.89. The number of fused-ring (bicyclic) bond motifs is 1. The highest BCUT2D eigenvalue weighted by Gasteiger charge is 2.26. The molecular formula is C20H25N3O. The molecule has 2 unspecified atom stereocenters. The van der Waals surface area contributed by atoms with E-state index in [1.54, 1.807) is 11.1 Å². The molecule has 0 bridgehead atoms. The number of aryl methyl sites for hydroxylation is 1. The van der Waals surface area contributed by atoms with Gasteiger partial charge >= 0.3 is 0 Å². The molecule has 1 saturated heterocycles. The van der Waals surface area contributed by atoms with Crippen LogP contribution in [-0.4, -0.2) is 30.4 Å². The standard InChI is InChI=1S/C20H25N3O/c1-15-10-16(2)13-22(12-15)14-18(11-21)20(24)23-9-5-7-17-6-3-4-8-19(17)23/h3-4,6,8,14-16H,5,7,9-10,12-13H2,1-2H3/b18-14-. The Labute approximate surface area is 144 Å². The number of amides is 1. The predicted octanol–water partition coefficient (Wildman–Crippen LogP) is 3.35. The fourth-order valence-corrected chi connectivity index (χ4v) is 4.02. The third-order valence-corrected chi connectivity index (χ3v) is 4.92. The number of rotatable bonds is 2. The summed E-state index contributed by atoms with van der Waals surface area (Å²) in [4.78, 5) is 16.8. The molecule has 0 saturated carbocycles. The summed E-state index contributed by atoms with van der Waals surface area (Å²) in [6.07, 6.45) is 4.93. The summed E-state index contributed by atoms with van der Waals surface area (Å²) in [5, 5.41) is 9.55. The van der Waals surface area contributed by atoms with Crippen LogP contribution in [0.2, 0.25) is 0 Å². The Hall–Kier alpha value is -2.28. The predicted molar refractivity (Wildman–Crippen MR) is 95.3 cm³/mol. The molecule has 1 aromatic rings. The molecule has 2 atom stereocenters. The van der Waals surface area contributed by atoms with Crippen LogP contribution in [0, 0.1) is 23.2 Å². The Bertz CT molecular complexity index is 678. The highest BCUT2D eigenvalue weighted by atomic mass is 16.2. The molecule has 4 nitrogen and oxygen atoms in total. The van der Waals surface area contributed by atoms with E-state index >= 15 is 0 Å². The number of hydrogen-bond acceptors (Lipinski definition) is 3. The summed E-state index contributed by atoms with van der Waals surface area (Å²) >= 11 is 0. The molecule has 0 spiro atoms. The number of likely N-dealkylation sites (tertiary alicyclic amines) is 1. The lowest BCUT2D eigenvalue weighted by Gasteiger charge is -2.35. The van der Waals surface area contributed by atoms with Crippen molar-refractivity contribution in [3.05, 3.63) is 41.6 Å². The molecule has 0 N–H and O–H groups in total. The number of nitrogens with zero attached hydrogens (tertiary/aromatic N) is 3. The van der Waals surface area contributed by atoms with Gasteiger partial charge in [-0.2, -0.15) is 5.26 Å². The first-order chi connectivity index (χ1) is 11.6. The van der Waals surface area contributed by atoms with Gasteiger partial charge in [0.2, 0.25) is 0 Å². The summed E-state index contributed by atoms with van der Waals surface area (Å²) < 4.78 is 0. The van der Waals surface area contributed by atoms with Crippen molar-refractivity contribution >= 4 is 11.6 Å². The Balaban J connectivity index is 1.83. The zero-order valence-electron chi connectivity index (χ0n) is 14.5. The molecule has 126 valence electrons. The minimum absolute atomic E-state index is 0.171. The van der Waals surface area contributed by atoms with E-state index in [4.69, 9.17) is 0 Å². The first-order valence-corrected chi connectivity index (χ1v) is 8.84. The molecule has 3 rings (SSSR count). The average Bonchev–Trinajstić information content (AvgIpc) is 2.57. The maximum absolute atomic E-state index is 12.9. The molecule has 24 heavy (non-hydrogen) atoms. The first kappa shape index (κ1) is 16.6. The normalized spacial score (nSPS) is 24.3. The van der Waals surface area contributed by atoms with Crippen molar-refractivity contribution in [2.75, 3.05) is 24.5 Å². The van der Waals surface area contributed by atoms with E-state index in [-0.39, 0.29) is 11.5 Å². The van der Waals surface area contributed by atoms with Crippen molar-refractivity contribution in [3.8, 4) is 6.07 Å². The monoisotopic (exact) mass is 323 g/mol. The molecule has 0 aliphatic carbocycles. The fourth-order valence-electron chi connectivity index (χ4n) is 4.02. The summed E-state index contributed by atoms with van der Waals surface area (Å²) in [5.74, 6) is 1.02. The van der Waals surface area contributed by atoms with Gasteiger partial charge in [0.15, 0.2) is 0 Å². The van der Waals surface area contributed by atoms with Crippen LogP contribution in [0.1, 0.15) is 32.3 Å². The third-order valence-electron chi connectivity index (χ3n) is 4.92. The van der Waals surface area contributed by atoms with Gasteiger partial charge in [0.1, 0.15) is 11.6 Å². The zero-order valence-corrected chi connectivity index (χ0v) is 14.5. The van der Waals surface area contributed by atoms with Crippen LogP contribution in [0.4, 0.5) is 5.69 Å². The van der Waals surface area contributed by atoms with Crippen LogP contribution < -0.4 is 4.90 Å². The van der Waals surface area contributed by atoms with E-state index in [1.165, 1.54) is 12.0 Å². The van der Waals surface area contributed by atoms with Gasteiger partial charge in [0.25, 0.3) is 5.91 Å². The molecule has 2 aliphatic heterocycles. The largest absolute Gasteiger partial charge is 0.376 e. The van der Waals surface area contributed by atoms with Crippen LogP contribution in [0.5, 0.6) is 0 Å². The van der Waals surface area contributed by atoms with E-state index in [2.05, 4.69) is 30.9 Å². The van der Waals surface area contributed by atoms with Crippen LogP contribution >= 0.6 is 0 Å². The molecule has 0 aromatic heterocycles. The molecule has 0 radical (unpaired) electrons. The van der Waals surface area contributed by atoms with Crippen LogP contribution in [0.3, 0.4) is 0 Å². The van der Waals surface area contributed by atoms with E-state index in [0.29, 0.717) is 18.4 Å². The van der Waals surface area contributed by atoms with Gasteiger partial charge in [-0.25, -0.2) is 0 Å². The van der Waals surface area contributed by atoms with Gasteiger partial charge < -0.3 is 9.80 Å². The SMILES string of the molecule is CC1CC(C)CN(/C=C(/C#N)C(=O)N2CCCc3ccccc32)C1. The quantitative estimate of drug-likeness (QED) is 0.619. The Morgan fingerprint density at radius 1 is 1.25 bits per heavy atom. The Morgan fingerprint density at radius 3 is 2.67 bits per heavy atom. The molecule has 1 aromatic carbocycles. The lowest BCUT2D eigenvalue weighted by atomic mass is 9.92. The van der Waals surface area contributed by atoms with E-state index < -0.39 is 0 Å². The maximum Gasteiger partial charge on any atom is 0.270 e. The van der Waals surface area contributed by atoms with Crippen molar-refractivity contribution in [2.45, 2.75) is 33.1 Å². The summed E-state index contributed by atoms with van der Waals surface area (Å²) in [5.41, 5.74) is 2.39. The maximum atomic E-state index is 12.9. The number of piperidine rings is 1. The number of para-hydroxylation sites is 1. The lowest BCUT2D eigenvalue weighted by Crippen LogP contribution is -2.38. The Morgan fingerprint density at radius 2 is 1.96 bits per heavy atom. The number of carbonyl (C=O) groups excluding carboxylic acids is 1. The van der Waals surface area contributed by atoms with E-state index in [9.17, 15) is 10.1 Å². The van der Waals surface area contributed by atoms with Crippen LogP contribution in [-0.2, 0) is 11.2 Å². The fraction of sp³-hybridized carbons (Fsp3) is 0.500. The second kappa shape index (κ2) is 7.09. The molecule has 2 aliphatic rings. The average molecular weight is 323 g/mol. The minimum atomic E-state index is -0.171. The number of carbonyl (C=O) groups is 1. The first-order valence-electron chi connectivity index (χ1n) is 8.84.